The van der Waals surface area contributed by atoms with Crippen molar-refractivity contribution in [2.45, 2.75) is 19.4 Å². The molecule has 1 heterocycles. The third kappa shape index (κ3) is 2.90. The van der Waals surface area contributed by atoms with Gasteiger partial charge in [-0.1, -0.05) is 18.2 Å². The molecule has 1 aliphatic heterocycles. The topological polar surface area (TPSA) is 62.1 Å². The molecule has 2 aromatic rings. The number of ether oxygens (including phenoxy) is 1. The molecule has 2 aromatic carbocycles. The number of phenols is 1. The van der Waals surface area contributed by atoms with Gasteiger partial charge in [0.2, 0.25) is 5.91 Å². The van der Waals surface area contributed by atoms with Gasteiger partial charge < -0.3 is 9.84 Å². The van der Waals surface area contributed by atoms with E-state index in [0.29, 0.717) is 6.42 Å². The number of aromatic hydroxyl groups is 1. The minimum absolute atomic E-state index is 0.116. The highest BCUT2D eigenvalue weighted by Gasteiger charge is 2.33. The molecule has 3 rings (SSSR count). The number of nitrogens with zero attached hydrogens (tertiary/aromatic N) is 2. The molecule has 23 heavy (non-hydrogen) atoms. The summed E-state index contributed by atoms with van der Waals surface area (Å²) in [5.41, 5.74) is 2.64. The molecule has 0 fully saturated rings. The molecule has 0 bridgehead atoms. The second-order valence-electron chi connectivity index (χ2n) is 5.42. The fourth-order valence-electron chi connectivity index (χ4n) is 2.81. The first-order chi connectivity index (χ1) is 11.1. The highest BCUT2D eigenvalue weighted by Crippen LogP contribution is 2.37. The van der Waals surface area contributed by atoms with Gasteiger partial charge in [0.15, 0.2) is 0 Å². The molecule has 1 aliphatic rings. The molecule has 1 N–H and O–H groups in total. The lowest BCUT2D eigenvalue weighted by Gasteiger charge is -2.22. The Morgan fingerprint density at radius 2 is 1.91 bits per heavy atom. The van der Waals surface area contributed by atoms with Crippen LogP contribution in [0.3, 0.4) is 0 Å². The Morgan fingerprint density at radius 3 is 2.57 bits per heavy atom. The van der Waals surface area contributed by atoms with Gasteiger partial charge in [-0.15, -0.1) is 0 Å². The lowest BCUT2D eigenvalue weighted by molar-refractivity contribution is -0.130. The van der Waals surface area contributed by atoms with Crippen LogP contribution < -0.4 is 4.74 Å². The zero-order valence-corrected chi connectivity index (χ0v) is 13.1. The maximum Gasteiger partial charge on any atom is 0.240 e. The van der Waals surface area contributed by atoms with Gasteiger partial charge in [-0.25, -0.2) is 5.01 Å². The monoisotopic (exact) mass is 310 g/mol. The van der Waals surface area contributed by atoms with Crippen molar-refractivity contribution in [3.8, 4) is 11.5 Å². The van der Waals surface area contributed by atoms with Gasteiger partial charge >= 0.3 is 0 Å². The fraction of sp³-hybridized carbons (Fsp3) is 0.222. The summed E-state index contributed by atoms with van der Waals surface area (Å²) in [6, 6.07) is 14.3. The number of amides is 1. The van der Waals surface area contributed by atoms with Crippen molar-refractivity contribution in [3.63, 3.8) is 0 Å². The van der Waals surface area contributed by atoms with Crippen molar-refractivity contribution in [1.29, 1.82) is 0 Å². The molecular formula is C18H18N2O3. The van der Waals surface area contributed by atoms with Gasteiger partial charge in [0.25, 0.3) is 0 Å². The number of benzene rings is 2. The number of methoxy groups -OCH3 is 1. The summed E-state index contributed by atoms with van der Waals surface area (Å²) in [6.45, 7) is 1.51. The Balaban J connectivity index is 1.97. The largest absolute Gasteiger partial charge is 0.508 e. The summed E-state index contributed by atoms with van der Waals surface area (Å²) in [5, 5.41) is 15.4. The first-order valence-electron chi connectivity index (χ1n) is 7.39. The molecule has 0 saturated carbocycles. The molecular weight excluding hydrogens is 292 g/mol. The maximum atomic E-state index is 12.0. The summed E-state index contributed by atoms with van der Waals surface area (Å²) in [4.78, 5) is 12.0. The van der Waals surface area contributed by atoms with Gasteiger partial charge in [0.1, 0.15) is 11.5 Å². The van der Waals surface area contributed by atoms with E-state index < -0.39 is 0 Å². The normalized spacial score (nSPS) is 17.0. The molecule has 0 spiro atoms. The van der Waals surface area contributed by atoms with Gasteiger partial charge in [-0.05, 0) is 35.9 Å². The second-order valence-corrected chi connectivity index (χ2v) is 5.42. The minimum Gasteiger partial charge on any atom is -0.508 e. The van der Waals surface area contributed by atoms with Crippen LogP contribution in [-0.2, 0) is 4.79 Å². The quantitative estimate of drug-likeness (QED) is 0.947. The summed E-state index contributed by atoms with van der Waals surface area (Å²) in [7, 11) is 1.62. The fourth-order valence-corrected chi connectivity index (χ4v) is 2.81. The van der Waals surface area contributed by atoms with E-state index >= 15 is 0 Å². The third-order valence-corrected chi connectivity index (χ3v) is 3.93. The SMILES string of the molecule is COc1ccccc1[C@@H]1CC(c2ccc(O)cc2)=NN1C(C)=O. The predicted octanol–water partition coefficient (Wildman–Crippen LogP) is 3.10. The van der Waals surface area contributed by atoms with E-state index in [1.165, 1.54) is 11.9 Å². The number of phenolic OH excluding ortho intramolecular Hbond substituents is 1. The summed E-state index contributed by atoms with van der Waals surface area (Å²) in [6.07, 6.45) is 0.602. The number of hydrazone groups is 1. The van der Waals surface area contributed by atoms with Crippen LogP contribution in [0.25, 0.3) is 0 Å². The van der Waals surface area contributed by atoms with Crippen LogP contribution in [0, 0.1) is 0 Å². The number of carbonyl (C=O) groups is 1. The van der Waals surface area contributed by atoms with Crippen molar-refractivity contribution in [2.24, 2.45) is 5.10 Å². The molecule has 5 heteroatoms. The van der Waals surface area contributed by atoms with Crippen molar-refractivity contribution in [1.82, 2.24) is 5.01 Å². The maximum absolute atomic E-state index is 12.0. The van der Waals surface area contributed by atoms with Gasteiger partial charge in [-0.2, -0.15) is 5.10 Å². The van der Waals surface area contributed by atoms with Crippen LogP contribution in [0.5, 0.6) is 11.5 Å². The Hall–Kier alpha value is -2.82. The van der Waals surface area contributed by atoms with Crippen LogP contribution in [0.2, 0.25) is 0 Å². The van der Waals surface area contributed by atoms with Crippen molar-refractivity contribution >= 4 is 11.6 Å². The number of carbonyl (C=O) groups excluding carboxylic acids is 1. The molecule has 1 atom stereocenters. The van der Waals surface area contributed by atoms with E-state index in [4.69, 9.17) is 4.74 Å². The highest BCUT2D eigenvalue weighted by molar-refractivity contribution is 6.03. The van der Waals surface area contributed by atoms with Crippen molar-refractivity contribution in [2.75, 3.05) is 7.11 Å². The first kappa shape index (κ1) is 15.1. The minimum atomic E-state index is -0.188. The van der Waals surface area contributed by atoms with Crippen LogP contribution in [-0.4, -0.2) is 28.8 Å². The number of para-hydroxylation sites is 1. The van der Waals surface area contributed by atoms with Gasteiger partial charge in [0.05, 0.1) is 18.9 Å². The summed E-state index contributed by atoms with van der Waals surface area (Å²) in [5.74, 6) is 0.831. The van der Waals surface area contributed by atoms with E-state index in [0.717, 1.165) is 22.6 Å². The average molecular weight is 310 g/mol. The zero-order valence-electron chi connectivity index (χ0n) is 13.1. The summed E-state index contributed by atoms with van der Waals surface area (Å²) < 4.78 is 5.42. The Kier molecular flexibility index (Phi) is 4.02. The van der Waals surface area contributed by atoms with E-state index in [-0.39, 0.29) is 17.7 Å². The molecule has 0 aliphatic carbocycles. The number of rotatable bonds is 3. The van der Waals surface area contributed by atoms with E-state index in [9.17, 15) is 9.90 Å². The molecule has 0 aromatic heterocycles. The van der Waals surface area contributed by atoms with E-state index in [1.54, 1.807) is 31.4 Å². The highest BCUT2D eigenvalue weighted by atomic mass is 16.5. The lowest BCUT2D eigenvalue weighted by Crippen LogP contribution is -2.24. The van der Waals surface area contributed by atoms with E-state index in [2.05, 4.69) is 5.10 Å². The molecule has 1 amide bonds. The lowest BCUT2D eigenvalue weighted by atomic mass is 9.97. The van der Waals surface area contributed by atoms with Crippen molar-refractivity contribution in [3.05, 3.63) is 59.7 Å². The number of hydrogen-bond acceptors (Lipinski definition) is 4. The predicted molar refractivity (Wildman–Crippen MR) is 87.5 cm³/mol. The molecule has 0 saturated heterocycles. The van der Waals surface area contributed by atoms with Crippen LogP contribution in [0.4, 0.5) is 0 Å². The van der Waals surface area contributed by atoms with Crippen LogP contribution in [0.15, 0.2) is 53.6 Å². The smallest absolute Gasteiger partial charge is 0.240 e. The zero-order chi connectivity index (χ0) is 16.4. The Morgan fingerprint density at radius 1 is 1.22 bits per heavy atom. The van der Waals surface area contributed by atoms with Gasteiger partial charge in [-0.3, -0.25) is 4.79 Å². The average Bonchev–Trinajstić information content (AvgIpc) is 3.01. The molecule has 118 valence electrons. The molecule has 5 nitrogen and oxygen atoms in total. The van der Waals surface area contributed by atoms with Crippen LogP contribution >= 0.6 is 0 Å². The number of hydrogen-bond donors (Lipinski definition) is 1. The first-order valence-corrected chi connectivity index (χ1v) is 7.39. The molecule has 0 radical (unpaired) electrons. The summed E-state index contributed by atoms with van der Waals surface area (Å²) >= 11 is 0. The van der Waals surface area contributed by atoms with Gasteiger partial charge in [0, 0.05) is 18.9 Å². The van der Waals surface area contributed by atoms with Crippen molar-refractivity contribution < 1.29 is 14.6 Å². The standard InChI is InChI=1S/C18H18N2O3/c1-12(21)20-17(15-5-3-4-6-18(15)23-2)11-16(19-20)13-7-9-14(22)10-8-13/h3-10,17,22H,11H2,1-2H3/t17-/m0/s1. The molecule has 0 unspecified atom stereocenters. The van der Waals surface area contributed by atoms with Crippen LogP contribution in [0.1, 0.15) is 30.5 Å². The Bertz CT molecular complexity index is 753. The Labute approximate surface area is 134 Å². The van der Waals surface area contributed by atoms with E-state index in [1.807, 2.05) is 24.3 Å². The second kappa shape index (κ2) is 6.12. The third-order valence-electron chi connectivity index (χ3n) is 3.93.